The minimum absolute atomic E-state index is 0.100. The molecule has 4 nitrogen and oxygen atoms in total. The van der Waals surface area contributed by atoms with E-state index in [1.54, 1.807) is 0 Å². The van der Waals surface area contributed by atoms with Crippen LogP contribution < -0.4 is 5.32 Å². The van der Waals surface area contributed by atoms with E-state index in [2.05, 4.69) is 22.3 Å². The molecule has 1 fully saturated rings. The Balaban J connectivity index is 1.73. The smallest absolute Gasteiger partial charge is 0.404 e. The van der Waals surface area contributed by atoms with Crippen molar-refractivity contribution >= 4 is 6.09 Å². The Hall–Kier alpha value is -1.55. The molecule has 1 aromatic rings. The molecule has 4 heteroatoms. The number of carbonyl (C=O) groups is 1. The Morgan fingerprint density at radius 1 is 1.41 bits per heavy atom. The van der Waals surface area contributed by atoms with Gasteiger partial charge in [0, 0.05) is 25.7 Å². The number of nitrogens with one attached hydrogen (secondary N) is 1. The first-order chi connectivity index (χ1) is 8.24. The molecule has 17 heavy (non-hydrogen) atoms. The number of rotatable bonds is 4. The van der Waals surface area contributed by atoms with Crippen molar-refractivity contribution in [2.24, 2.45) is 0 Å². The summed E-state index contributed by atoms with van der Waals surface area (Å²) in [5.41, 5.74) is 1.34. The third-order valence-corrected chi connectivity index (χ3v) is 3.16. The summed E-state index contributed by atoms with van der Waals surface area (Å²) in [6.07, 6.45) is 1.03. The van der Waals surface area contributed by atoms with Crippen molar-refractivity contribution in [2.75, 3.05) is 19.6 Å². The second-order valence-electron chi connectivity index (χ2n) is 4.47. The largest absolute Gasteiger partial charge is 0.465 e. The van der Waals surface area contributed by atoms with Crippen molar-refractivity contribution < 1.29 is 9.90 Å². The van der Waals surface area contributed by atoms with Crippen LogP contribution in [0.15, 0.2) is 30.3 Å². The second kappa shape index (κ2) is 5.68. The first kappa shape index (κ1) is 11.9. The third kappa shape index (κ3) is 3.75. The van der Waals surface area contributed by atoms with Gasteiger partial charge >= 0.3 is 6.09 Å². The first-order valence-electron chi connectivity index (χ1n) is 6.00. The van der Waals surface area contributed by atoms with Crippen molar-refractivity contribution in [3.05, 3.63) is 35.9 Å². The third-order valence-electron chi connectivity index (χ3n) is 3.16. The number of hydrogen-bond acceptors (Lipinski definition) is 2. The molecule has 1 aliphatic rings. The SMILES string of the molecule is O=C(O)N[C@@H]1CCN(CCc2ccccc2)C1. The lowest BCUT2D eigenvalue weighted by molar-refractivity contribution is 0.189. The maximum absolute atomic E-state index is 10.5. The average Bonchev–Trinajstić information content (AvgIpc) is 2.75. The van der Waals surface area contributed by atoms with Gasteiger partial charge in [-0.1, -0.05) is 30.3 Å². The molecule has 0 aromatic heterocycles. The molecule has 1 saturated heterocycles. The van der Waals surface area contributed by atoms with Gasteiger partial charge in [0.1, 0.15) is 0 Å². The van der Waals surface area contributed by atoms with Crippen LogP contribution in [0.2, 0.25) is 0 Å². The summed E-state index contributed by atoms with van der Waals surface area (Å²) in [6.45, 7) is 2.82. The van der Waals surface area contributed by atoms with E-state index in [1.807, 2.05) is 18.2 Å². The molecule has 0 radical (unpaired) electrons. The van der Waals surface area contributed by atoms with E-state index in [1.165, 1.54) is 5.56 Å². The highest BCUT2D eigenvalue weighted by molar-refractivity contribution is 5.64. The van der Waals surface area contributed by atoms with E-state index in [4.69, 9.17) is 5.11 Å². The molecule has 1 aromatic carbocycles. The molecule has 2 N–H and O–H groups in total. The highest BCUT2D eigenvalue weighted by Crippen LogP contribution is 2.10. The van der Waals surface area contributed by atoms with E-state index in [0.717, 1.165) is 32.5 Å². The number of amides is 1. The summed E-state index contributed by atoms with van der Waals surface area (Å²) in [6, 6.07) is 10.5. The van der Waals surface area contributed by atoms with Gasteiger partial charge in [-0.25, -0.2) is 4.79 Å². The summed E-state index contributed by atoms with van der Waals surface area (Å²) < 4.78 is 0. The standard InChI is InChI=1S/C13H18N2O2/c16-13(17)14-12-7-9-15(10-12)8-6-11-4-2-1-3-5-11/h1-5,12,14H,6-10H2,(H,16,17)/t12-/m1/s1. The van der Waals surface area contributed by atoms with Crippen LogP contribution in [0.3, 0.4) is 0 Å². The lowest BCUT2D eigenvalue weighted by Crippen LogP contribution is -2.36. The lowest BCUT2D eigenvalue weighted by Gasteiger charge is -2.15. The highest BCUT2D eigenvalue weighted by Gasteiger charge is 2.22. The van der Waals surface area contributed by atoms with Gasteiger partial charge in [-0.3, -0.25) is 0 Å². The summed E-state index contributed by atoms with van der Waals surface area (Å²) in [7, 11) is 0. The summed E-state index contributed by atoms with van der Waals surface area (Å²) in [4.78, 5) is 12.8. The van der Waals surface area contributed by atoms with Crippen LogP contribution in [0.5, 0.6) is 0 Å². The van der Waals surface area contributed by atoms with Crippen molar-refractivity contribution in [3.63, 3.8) is 0 Å². The molecule has 0 spiro atoms. The molecule has 0 saturated carbocycles. The molecule has 92 valence electrons. The first-order valence-corrected chi connectivity index (χ1v) is 6.00. The van der Waals surface area contributed by atoms with Crippen LogP contribution in [0.25, 0.3) is 0 Å². The average molecular weight is 234 g/mol. The fourth-order valence-corrected chi connectivity index (χ4v) is 2.26. The summed E-state index contributed by atoms with van der Waals surface area (Å²) in [5.74, 6) is 0. The van der Waals surface area contributed by atoms with Crippen LogP contribution in [0, 0.1) is 0 Å². The number of benzene rings is 1. The van der Waals surface area contributed by atoms with Gasteiger partial charge in [0.15, 0.2) is 0 Å². The minimum Gasteiger partial charge on any atom is -0.465 e. The second-order valence-corrected chi connectivity index (χ2v) is 4.47. The van der Waals surface area contributed by atoms with E-state index >= 15 is 0 Å². The van der Waals surface area contributed by atoms with Crippen LogP contribution in [0.1, 0.15) is 12.0 Å². The number of carboxylic acid groups (broad SMARTS) is 1. The van der Waals surface area contributed by atoms with Crippen molar-refractivity contribution in [1.29, 1.82) is 0 Å². The number of hydrogen-bond donors (Lipinski definition) is 2. The molecular weight excluding hydrogens is 216 g/mol. The van der Waals surface area contributed by atoms with E-state index in [-0.39, 0.29) is 6.04 Å². The topological polar surface area (TPSA) is 52.6 Å². The van der Waals surface area contributed by atoms with E-state index in [9.17, 15) is 4.79 Å². The maximum Gasteiger partial charge on any atom is 0.404 e. The zero-order valence-corrected chi connectivity index (χ0v) is 9.80. The Kier molecular flexibility index (Phi) is 3.98. The zero-order valence-electron chi connectivity index (χ0n) is 9.80. The molecule has 1 aliphatic heterocycles. The minimum atomic E-state index is -0.917. The Morgan fingerprint density at radius 3 is 2.88 bits per heavy atom. The van der Waals surface area contributed by atoms with Gasteiger partial charge in [0.05, 0.1) is 0 Å². The van der Waals surface area contributed by atoms with Gasteiger partial charge in [0.2, 0.25) is 0 Å². The lowest BCUT2D eigenvalue weighted by atomic mass is 10.1. The molecule has 2 rings (SSSR count). The van der Waals surface area contributed by atoms with Gasteiger partial charge in [-0.2, -0.15) is 0 Å². The van der Waals surface area contributed by atoms with E-state index in [0.29, 0.717) is 0 Å². The molecule has 1 atom stereocenters. The molecule has 0 unspecified atom stereocenters. The molecule has 0 aliphatic carbocycles. The van der Waals surface area contributed by atoms with Gasteiger partial charge in [0.25, 0.3) is 0 Å². The van der Waals surface area contributed by atoms with Crippen molar-refractivity contribution in [3.8, 4) is 0 Å². The predicted molar refractivity (Wildman–Crippen MR) is 66.2 cm³/mol. The van der Waals surface area contributed by atoms with Crippen LogP contribution in [-0.4, -0.2) is 41.8 Å². The van der Waals surface area contributed by atoms with E-state index < -0.39 is 6.09 Å². The monoisotopic (exact) mass is 234 g/mol. The highest BCUT2D eigenvalue weighted by atomic mass is 16.4. The molecular formula is C13H18N2O2. The molecule has 1 heterocycles. The Labute approximate surface area is 101 Å². The van der Waals surface area contributed by atoms with Crippen LogP contribution >= 0.6 is 0 Å². The Morgan fingerprint density at radius 2 is 2.18 bits per heavy atom. The van der Waals surface area contributed by atoms with Gasteiger partial charge in [-0.05, 0) is 18.4 Å². The normalized spacial score (nSPS) is 20.4. The van der Waals surface area contributed by atoms with Gasteiger partial charge < -0.3 is 15.3 Å². The zero-order chi connectivity index (χ0) is 12.1. The fraction of sp³-hybridized carbons (Fsp3) is 0.462. The maximum atomic E-state index is 10.5. The van der Waals surface area contributed by atoms with Crippen molar-refractivity contribution in [1.82, 2.24) is 10.2 Å². The van der Waals surface area contributed by atoms with Crippen molar-refractivity contribution in [2.45, 2.75) is 18.9 Å². The quantitative estimate of drug-likeness (QED) is 0.831. The summed E-state index contributed by atoms with van der Waals surface area (Å²) in [5, 5.41) is 11.2. The summed E-state index contributed by atoms with van der Waals surface area (Å²) >= 11 is 0. The number of nitrogens with zero attached hydrogens (tertiary/aromatic N) is 1. The van der Waals surface area contributed by atoms with Crippen LogP contribution in [0.4, 0.5) is 4.79 Å². The Bertz CT molecular complexity index is 367. The molecule has 0 bridgehead atoms. The number of likely N-dealkylation sites (tertiary alicyclic amines) is 1. The van der Waals surface area contributed by atoms with Crippen LogP contribution in [-0.2, 0) is 6.42 Å². The van der Waals surface area contributed by atoms with Gasteiger partial charge in [-0.15, -0.1) is 0 Å². The molecule has 1 amide bonds. The predicted octanol–water partition coefficient (Wildman–Crippen LogP) is 1.57. The fourth-order valence-electron chi connectivity index (χ4n) is 2.26.